The van der Waals surface area contributed by atoms with Gasteiger partial charge in [0.1, 0.15) is 18.3 Å². The Labute approximate surface area is 220 Å². The lowest BCUT2D eigenvalue weighted by Crippen LogP contribution is -2.50. The molecule has 1 heterocycles. The van der Waals surface area contributed by atoms with Crippen LogP contribution in [0.3, 0.4) is 0 Å². The van der Waals surface area contributed by atoms with Crippen LogP contribution in [0, 0.1) is 17.8 Å². The lowest BCUT2D eigenvalue weighted by molar-refractivity contribution is -0.157. The standard InChI is InChI=1S/C27H33ClO9/c1-6-16(9-18(31)17(7-2)11-29)26(33)36-20-10-27(34,12-28)23-19(35-15(5)30)8-13(3)21(23)24-22(20)14(4)25(32)37-24/h6-8,19-24,29,34H,4,9-12H2,1-3,5H3. The fourth-order valence-electron chi connectivity index (χ4n) is 5.71. The van der Waals surface area contributed by atoms with Crippen LogP contribution in [-0.2, 0) is 33.4 Å². The molecule has 0 radical (unpaired) electrons. The molecule has 7 atom stereocenters. The van der Waals surface area contributed by atoms with Crippen molar-refractivity contribution in [3.8, 4) is 0 Å². The molecule has 0 amide bonds. The van der Waals surface area contributed by atoms with Gasteiger partial charge in [-0.2, -0.15) is 0 Å². The fourth-order valence-corrected chi connectivity index (χ4v) is 5.99. The zero-order valence-electron chi connectivity index (χ0n) is 21.4. The summed E-state index contributed by atoms with van der Waals surface area (Å²) in [4.78, 5) is 50.1. The Morgan fingerprint density at radius 3 is 2.41 bits per heavy atom. The molecule has 2 aliphatic carbocycles. The molecular weight excluding hydrogens is 504 g/mol. The van der Waals surface area contributed by atoms with E-state index in [1.165, 1.54) is 19.1 Å². The predicted molar refractivity (Wildman–Crippen MR) is 133 cm³/mol. The first-order valence-electron chi connectivity index (χ1n) is 12.1. The van der Waals surface area contributed by atoms with Gasteiger partial charge in [0.05, 0.1) is 24.0 Å². The fraction of sp³-hybridized carbons (Fsp3) is 0.556. The van der Waals surface area contributed by atoms with E-state index in [-0.39, 0.29) is 35.4 Å². The zero-order chi connectivity index (χ0) is 27.7. The molecule has 37 heavy (non-hydrogen) atoms. The second kappa shape index (κ2) is 11.3. The molecular formula is C27H33ClO9. The highest BCUT2D eigenvalue weighted by Crippen LogP contribution is 2.54. The minimum Gasteiger partial charge on any atom is -0.458 e. The van der Waals surface area contributed by atoms with Crippen molar-refractivity contribution in [3.63, 3.8) is 0 Å². The second-order valence-electron chi connectivity index (χ2n) is 9.73. The Balaban J connectivity index is 1.98. The highest BCUT2D eigenvalue weighted by molar-refractivity contribution is 6.18. The molecule has 0 bridgehead atoms. The van der Waals surface area contributed by atoms with Gasteiger partial charge in [-0.25, -0.2) is 9.59 Å². The zero-order valence-corrected chi connectivity index (χ0v) is 22.1. The highest BCUT2D eigenvalue weighted by atomic mass is 35.5. The third kappa shape index (κ3) is 5.44. The Morgan fingerprint density at radius 1 is 1.22 bits per heavy atom. The summed E-state index contributed by atoms with van der Waals surface area (Å²) in [7, 11) is 0. The molecule has 3 aliphatic rings. The number of ketones is 1. The first-order valence-corrected chi connectivity index (χ1v) is 12.6. The quantitative estimate of drug-likeness (QED) is 0.157. The van der Waals surface area contributed by atoms with E-state index in [0.717, 1.165) is 5.57 Å². The van der Waals surface area contributed by atoms with Crippen molar-refractivity contribution < 1.29 is 43.6 Å². The van der Waals surface area contributed by atoms with Gasteiger partial charge < -0.3 is 24.4 Å². The van der Waals surface area contributed by atoms with Crippen LogP contribution in [0.1, 0.15) is 40.5 Å². The number of Topliss-reactive ketones (excluding diaryl/α,β-unsaturated/α-hetero) is 1. The van der Waals surface area contributed by atoms with E-state index < -0.39 is 72.0 Å². The largest absolute Gasteiger partial charge is 0.458 e. The summed E-state index contributed by atoms with van der Waals surface area (Å²) < 4.78 is 17.0. The van der Waals surface area contributed by atoms with Crippen molar-refractivity contribution in [1.82, 2.24) is 0 Å². The van der Waals surface area contributed by atoms with Crippen molar-refractivity contribution in [1.29, 1.82) is 0 Å². The molecule has 0 aromatic carbocycles. The van der Waals surface area contributed by atoms with E-state index >= 15 is 0 Å². The predicted octanol–water partition coefficient (Wildman–Crippen LogP) is 2.34. The number of aliphatic hydroxyl groups is 2. The maximum Gasteiger partial charge on any atom is 0.334 e. The molecule has 0 aromatic rings. The van der Waals surface area contributed by atoms with Gasteiger partial charge in [0.15, 0.2) is 5.78 Å². The first kappa shape index (κ1) is 28.8. The van der Waals surface area contributed by atoms with Crippen molar-refractivity contribution in [3.05, 3.63) is 47.1 Å². The van der Waals surface area contributed by atoms with Crippen molar-refractivity contribution in [2.24, 2.45) is 17.8 Å². The van der Waals surface area contributed by atoms with Gasteiger partial charge in [-0.3, -0.25) is 9.59 Å². The summed E-state index contributed by atoms with van der Waals surface area (Å²) in [5, 5.41) is 21.2. The summed E-state index contributed by atoms with van der Waals surface area (Å²) in [6, 6.07) is 0. The van der Waals surface area contributed by atoms with E-state index in [0.29, 0.717) is 0 Å². The molecule has 7 unspecified atom stereocenters. The highest BCUT2D eigenvalue weighted by Gasteiger charge is 2.62. The SMILES string of the molecule is C=C1C(=O)OC2C1C(OC(=O)C(=CC)CC(=O)C(=CC)CO)CC(O)(CCl)C1C(OC(C)=O)C=C(C)C21. The van der Waals surface area contributed by atoms with Crippen LogP contribution in [0.25, 0.3) is 0 Å². The van der Waals surface area contributed by atoms with Crippen LogP contribution in [0.15, 0.2) is 47.1 Å². The molecule has 1 aliphatic heterocycles. The number of allylic oxidation sites excluding steroid dienone is 2. The molecule has 0 aromatic heterocycles. The van der Waals surface area contributed by atoms with Gasteiger partial charge >= 0.3 is 17.9 Å². The summed E-state index contributed by atoms with van der Waals surface area (Å²) in [5.41, 5.74) is -0.611. The summed E-state index contributed by atoms with van der Waals surface area (Å²) in [5.74, 6) is -4.81. The number of hydrogen-bond donors (Lipinski definition) is 2. The maximum absolute atomic E-state index is 13.2. The van der Waals surface area contributed by atoms with Crippen LogP contribution in [-0.4, -0.2) is 70.3 Å². The number of hydrogen-bond acceptors (Lipinski definition) is 9. The van der Waals surface area contributed by atoms with Crippen LogP contribution in [0.4, 0.5) is 0 Å². The molecule has 1 saturated carbocycles. The number of aliphatic hydroxyl groups excluding tert-OH is 1. The molecule has 3 rings (SSSR count). The number of carbonyl (C=O) groups excluding carboxylic acids is 4. The minimum absolute atomic E-state index is 0.0536. The summed E-state index contributed by atoms with van der Waals surface area (Å²) >= 11 is 6.29. The average molecular weight is 537 g/mol. The molecule has 10 heteroatoms. The Kier molecular flexibility index (Phi) is 8.82. The number of ether oxygens (including phenoxy) is 3. The second-order valence-corrected chi connectivity index (χ2v) is 10.00. The van der Waals surface area contributed by atoms with E-state index in [1.54, 1.807) is 26.8 Å². The molecule has 1 saturated heterocycles. The third-order valence-corrected chi connectivity index (χ3v) is 7.98. The Bertz CT molecular complexity index is 1090. The smallest absolute Gasteiger partial charge is 0.334 e. The molecule has 2 N–H and O–H groups in total. The third-order valence-electron chi connectivity index (χ3n) is 7.52. The summed E-state index contributed by atoms with van der Waals surface area (Å²) in [6.45, 7) is 9.63. The topological polar surface area (TPSA) is 136 Å². The molecule has 2 fully saturated rings. The maximum atomic E-state index is 13.2. The Morgan fingerprint density at radius 2 is 1.86 bits per heavy atom. The van der Waals surface area contributed by atoms with Gasteiger partial charge in [-0.15, -0.1) is 11.6 Å². The van der Waals surface area contributed by atoms with Crippen molar-refractivity contribution >= 4 is 35.3 Å². The van der Waals surface area contributed by atoms with Crippen LogP contribution < -0.4 is 0 Å². The minimum atomic E-state index is -1.66. The first-order chi connectivity index (χ1) is 17.4. The van der Waals surface area contributed by atoms with E-state index in [2.05, 4.69) is 6.58 Å². The number of esters is 3. The van der Waals surface area contributed by atoms with Gasteiger partial charge in [0.2, 0.25) is 0 Å². The summed E-state index contributed by atoms with van der Waals surface area (Å²) in [6.07, 6.45) is 1.42. The normalized spacial score (nSPS) is 33.6. The van der Waals surface area contributed by atoms with Crippen LogP contribution >= 0.6 is 11.6 Å². The van der Waals surface area contributed by atoms with Gasteiger partial charge in [0, 0.05) is 48.3 Å². The van der Waals surface area contributed by atoms with Crippen molar-refractivity contribution in [2.75, 3.05) is 12.5 Å². The molecule has 0 spiro atoms. The van der Waals surface area contributed by atoms with Crippen LogP contribution in [0.2, 0.25) is 0 Å². The number of halogens is 1. The molecule has 202 valence electrons. The number of carbonyl (C=O) groups is 4. The van der Waals surface area contributed by atoms with Gasteiger partial charge in [-0.05, 0) is 26.8 Å². The number of rotatable bonds is 8. The van der Waals surface area contributed by atoms with Crippen LogP contribution in [0.5, 0.6) is 0 Å². The lowest BCUT2D eigenvalue weighted by atomic mass is 9.75. The monoisotopic (exact) mass is 536 g/mol. The van der Waals surface area contributed by atoms with Gasteiger partial charge in [-0.1, -0.05) is 24.3 Å². The van der Waals surface area contributed by atoms with E-state index in [9.17, 15) is 29.4 Å². The van der Waals surface area contributed by atoms with E-state index in [1.807, 2.05) is 0 Å². The molecule has 9 nitrogen and oxygen atoms in total. The lowest BCUT2D eigenvalue weighted by Gasteiger charge is -2.38. The average Bonchev–Trinajstić information content (AvgIpc) is 3.28. The Hall–Kier alpha value is -2.75. The number of fused-ring (bicyclic) bond motifs is 3. The van der Waals surface area contributed by atoms with Crippen molar-refractivity contribution in [2.45, 2.75) is 64.4 Å². The number of alkyl halides is 1. The van der Waals surface area contributed by atoms with E-state index in [4.69, 9.17) is 25.8 Å². The van der Waals surface area contributed by atoms with Gasteiger partial charge in [0.25, 0.3) is 0 Å².